The van der Waals surface area contributed by atoms with Crippen molar-refractivity contribution in [3.05, 3.63) is 54.6 Å². The van der Waals surface area contributed by atoms with E-state index in [2.05, 4.69) is 10.2 Å². The lowest BCUT2D eigenvalue weighted by molar-refractivity contribution is -0.140. The standard InChI is InChI=1S/C27H35N5O4/c1-4-29(5-2)24(33)19-31-20-32(22-11-7-6-8-12-22)27(25(31)34)14-16-30(17-15-27)26(35)28-21-10-9-13-23(18-21)36-3/h6-13,18H,4-5,14-17,19-20H2,1-3H3,(H,28,35). The molecule has 2 heterocycles. The van der Waals surface area contributed by atoms with E-state index in [9.17, 15) is 14.4 Å². The minimum Gasteiger partial charge on any atom is -0.497 e. The van der Waals surface area contributed by atoms with Crippen LogP contribution in [0.25, 0.3) is 0 Å². The van der Waals surface area contributed by atoms with Crippen LogP contribution < -0.4 is 15.0 Å². The van der Waals surface area contributed by atoms with Gasteiger partial charge in [0.25, 0.3) is 5.91 Å². The summed E-state index contributed by atoms with van der Waals surface area (Å²) >= 11 is 0. The molecule has 0 radical (unpaired) electrons. The normalized spacial score (nSPS) is 16.9. The summed E-state index contributed by atoms with van der Waals surface area (Å²) in [6.07, 6.45) is 0.977. The monoisotopic (exact) mass is 493 g/mol. The van der Waals surface area contributed by atoms with Crippen molar-refractivity contribution >= 4 is 29.2 Å². The maximum Gasteiger partial charge on any atom is 0.321 e. The lowest BCUT2D eigenvalue weighted by Crippen LogP contribution is -2.58. The number of likely N-dealkylation sites (tertiary alicyclic amines) is 1. The van der Waals surface area contributed by atoms with Crippen LogP contribution in [0.2, 0.25) is 0 Å². The average Bonchev–Trinajstić information content (AvgIpc) is 3.16. The van der Waals surface area contributed by atoms with E-state index in [-0.39, 0.29) is 24.4 Å². The number of likely N-dealkylation sites (N-methyl/N-ethyl adjacent to an activating group) is 1. The lowest BCUT2D eigenvalue weighted by Gasteiger charge is -2.43. The summed E-state index contributed by atoms with van der Waals surface area (Å²) < 4.78 is 5.24. The Kier molecular flexibility index (Phi) is 7.67. The first-order chi connectivity index (χ1) is 17.4. The van der Waals surface area contributed by atoms with E-state index in [4.69, 9.17) is 4.74 Å². The first kappa shape index (κ1) is 25.3. The maximum absolute atomic E-state index is 13.8. The Morgan fingerprint density at radius 1 is 1.03 bits per heavy atom. The average molecular weight is 494 g/mol. The molecule has 2 aromatic rings. The van der Waals surface area contributed by atoms with Crippen molar-refractivity contribution in [3.63, 3.8) is 0 Å². The van der Waals surface area contributed by atoms with Gasteiger partial charge in [-0.3, -0.25) is 9.59 Å². The Hall–Kier alpha value is -3.75. The van der Waals surface area contributed by atoms with Gasteiger partial charge in [-0.05, 0) is 51.0 Å². The Balaban J connectivity index is 1.50. The number of carbonyl (C=O) groups excluding carboxylic acids is 3. The molecule has 2 fully saturated rings. The number of para-hydroxylation sites is 1. The van der Waals surface area contributed by atoms with E-state index in [1.165, 1.54) is 0 Å². The highest BCUT2D eigenvalue weighted by Crippen LogP contribution is 2.39. The molecule has 4 amide bonds. The highest BCUT2D eigenvalue weighted by molar-refractivity contribution is 5.97. The van der Waals surface area contributed by atoms with Gasteiger partial charge in [-0.15, -0.1) is 0 Å². The topological polar surface area (TPSA) is 85.4 Å². The van der Waals surface area contributed by atoms with Crippen LogP contribution in [-0.4, -0.2) is 84.6 Å². The van der Waals surface area contributed by atoms with Crippen LogP contribution in [0.1, 0.15) is 26.7 Å². The number of hydrogen-bond donors (Lipinski definition) is 1. The Morgan fingerprint density at radius 3 is 2.36 bits per heavy atom. The number of urea groups is 1. The molecule has 2 aromatic carbocycles. The molecule has 4 rings (SSSR count). The van der Waals surface area contributed by atoms with Crippen LogP contribution >= 0.6 is 0 Å². The molecule has 0 saturated carbocycles. The molecule has 0 aromatic heterocycles. The predicted molar refractivity (Wildman–Crippen MR) is 139 cm³/mol. The molecule has 0 unspecified atom stereocenters. The van der Waals surface area contributed by atoms with Crippen molar-refractivity contribution in [2.45, 2.75) is 32.2 Å². The quantitative estimate of drug-likeness (QED) is 0.640. The Bertz CT molecular complexity index is 1080. The van der Waals surface area contributed by atoms with E-state index in [1.54, 1.807) is 27.9 Å². The van der Waals surface area contributed by atoms with Crippen LogP contribution in [0.3, 0.4) is 0 Å². The second-order valence-corrected chi connectivity index (χ2v) is 9.15. The smallest absolute Gasteiger partial charge is 0.321 e. The Labute approximate surface area is 212 Å². The molecule has 0 atom stereocenters. The van der Waals surface area contributed by atoms with Gasteiger partial charge in [0.1, 0.15) is 17.8 Å². The maximum atomic E-state index is 13.8. The zero-order valence-electron chi connectivity index (χ0n) is 21.3. The van der Waals surface area contributed by atoms with Gasteiger partial charge in [0.05, 0.1) is 13.8 Å². The van der Waals surface area contributed by atoms with Gasteiger partial charge in [0.15, 0.2) is 0 Å². The van der Waals surface area contributed by atoms with Crippen molar-refractivity contribution in [2.24, 2.45) is 0 Å². The Morgan fingerprint density at radius 2 is 1.72 bits per heavy atom. The van der Waals surface area contributed by atoms with Crippen molar-refractivity contribution < 1.29 is 19.1 Å². The van der Waals surface area contributed by atoms with Crippen molar-refractivity contribution in [1.82, 2.24) is 14.7 Å². The van der Waals surface area contributed by atoms with E-state index in [1.807, 2.05) is 62.4 Å². The first-order valence-electron chi connectivity index (χ1n) is 12.5. The number of amides is 4. The molecule has 0 bridgehead atoms. The molecule has 1 N–H and O–H groups in total. The number of carbonyl (C=O) groups is 3. The number of hydrogen-bond acceptors (Lipinski definition) is 5. The predicted octanol–water partition coefficient (Wildman–Crippen LogP) is 3.24. The van der Waals surface area contributed by atoms with Crippen LogP contribution in [0.15, 0.2) is 54.6 Å². The van der Waals surface area contributed by atoms with E-state index < -0.39 is 5.54 Å². The fraction of sp³-hybridized carbons (Fsp3) is 0.444. The van der Waals surface area contributed by atoms with Gasteiger partial charge < -0.3 is 29.7 Å². The number of anilines is 2. The van der Waals surface area contributed by atoms with Gasteiger partial charge in [0.2, 0.25) is 5.91 Å². The summed E-state index contributed by atoms with van der Waals surface area (Å²) in [6.45, 7) is 6.39. The number of nitrogens with one attached hydrogen (secondary N) is 1. The zero-order chi connectivity index (χ0) is 25.7. The molecule has 192 valence electrons. The van der Waals surface area contributed by atoms with Crippen LogP contribution in [0.4, 0.5) is 16.2 Å². The van der Waals surface area contributed by atoms with Gasteiger partial charge >= 0.3 is 6.03 Å². The van der Waals surface area contributed by atoms with Crippen molar-refractivity contribution in [2.75, 3.05) is 56.7 Å². The summed E-state index contributed by atoms with van der Waals surface area (Å²) in [4.78, 5) is 46.9. The first-order valence-corrected chi connectivity index (χ1v) is 12.5. The molecular weight excluding hydrogens is 458 g/mol. The third-order valence-electron chi connectivity index (χ3n) is 7.22. The minimum absolute atomic E-state index is 0.0419. The number of ether oxygens (including phenoxy) is 1. The fourth-order valence-electron chi connectivity index (χ4n) is 5.15. The van der Waals surface area contributed by atoms with Crippen molar-refractivity contribution in [3.8, 4) is 5.75 Å². The van der Waals surface area contributed by atoms with Gasteiger partial charge in [-0.25, -0.2) is 4.79 Å². The highest BCUT2D eigenvalue weighted by atomic mass is 16.5. The molecular formula is C27H35N5O4. The molecule has 2 aliphatic rings. The number of piperidine rings is 1. The second kappa shape index (κ2) is 10.9. The van der Waals surface area contributed by atoms with Gasteiger partial charge in [-0.1, -0.05) is 24.3 Å². The summed E-state index contributed by atoms with van der Waals surface area (Å²) in [5, 5.41) is 2.93. The van der Waals surface area contributed by atoms with Gasteiger partial charge in [-0.2, -0.15) is 0 Å². The molecule has 2 aliphatic heterocycles. The second-order valence-electron chi connectivity index (χ2n) is 9.15. The molecule has 2 saturated heterocycles. The number of nitrogens with zero attached hydrogens (tertiary/aromatic N) is 4. The molecule has 9 heteroatoms. The number of rotatable bonds is 7. The third kappa shape index (κ3) is 4.96. The van der Waals surface area contributed by atoms with Crippen LogP contribution in [0, 0.1) is 0 Å². The van der Waals surface area contributed by atoms with Gasteiger partial charge in [0, 0.05) is 43.6 Å². The summed E-state index contributed by atoms with van der Waals surface area (Å²) in [7, 11) is 1.58. The fourth-order valence-corrected chi connectivity index (χ4v) is 5.15. The molecule has 0 aliphatic carbocycles. The summed E-state index contributed by atoms with van der Waals surface area (Å²) in [5.74, 6) is 0.577. The summed E-state index contributed by atoms with van der Waals surface area (Å²) in [5.41, 5.74) is 0.818. The minimum atomic E-state index is -0.780. The molecule has 36 heavy (non-hydrogen) atoms. The number of benzene rings is 2. The largest absolute Gasteiger partial charge is 0.497 e. The van der Waals surface area contributed by atoms with Crippen LogP contribution in [-0.2, 0) is 9.59 Å². The highest BCUT2D eigenvalue weighted by Gasteiger charge is 2.54. The molecule has 9 nitrogen and oxygen atoms in total. The SMILES string of the molecule is CCN(CC)C(=O)CN1CN(c2ccccc2)C2(CCN(C(=O)Nc3cccc(OC)c3)CC2)C1=O. The van der Waals surface area contributed by atoms with Crippen LogP contribution in [0.5, 0.6) is 5.75 Å². The van der Waals surface area contributed by atoms with E-state index in [0.717, 1.165) is 5.69 Å². The lowest BCUT2D eigenvalue weighted by atomic mass is 9.85. The van der Waals surface area contributed by atoms with E-state index in [0.29, 0.717) is 57.1 Å². The van der Waals surface area contributed by atoms with E-state index >= 15 is 0 Å². The summed E-state index contributed by atoms with van der Waals surface area (Å²) in [6, 6.07) is 16.9. The zero-order valence-corrected chi connectivity index (χ0v) is 21.3. The van der Waals surface area contributed by atoms with Crippen molar-refractivity contribution in [1.29, 1.82) is 0 Å². The third-order valence-corrected chi connectivity index (χ3v) is 7.22. The number of methoxy groups -OCH3 is 1. The molecule has 1 spiro atoms.